The fourth-order valence-electron chi connectivity index (χ4n) is 1.69. The van der Waals surface area contributed by atoms with Crippen LogP contribution in [0.2, 0.25) is 0 Å². The fourth-order valence-corrected chi connectivity index (χ4v) is 2.48. The quantitative estimate of drug-likeness (QED) is 0.782. The van der Waals surface area contributed by atoms with E-state index in [9.17, 15) is 4.79 Å². The van der Waals surface area contributed by atoms with Gasteiger partial charge >= 0.3 is 0 Å². The van der Waals surface area contributed by atoms with Gasteiger partial charge in [0.15, 0.2) is 18.1 Å². The van der Waals surface area contributed by atoms with Crippen molar-refractivity contribution in [2.45, 2.75) is 13.8 Å². The second kappa shape index (κ2) is 5.89. The van der Waals surface area contributed by atoms with E-state index >= 15 is 0 Å². The van der Waals surface area contributed by atoms with Gasteiger partial charge in [-0.15, -0.1) is 11.3 Å². The Bertz CT molecular complexity index is 587. The normalized spacial score (nSPS) is 10.3. The van der Waals surface area contributed by atoms with Crippen molar-refractivity contribution in [1.29, 1.82) is 0 Å². The topological polar surface area (TPSA) is 35.5 Å². The maximum atomic E-state index is 11.9. The molecule has 0 aliphatic heterocycles. The number of ketones is 1. The van der Waals surface area contributed by atoms with Gasteiger partial charge in [0.1, 0.15) is 0 Å². The molecule has 0 aliphatic rings. The van der Waals surface area contributed by atoms with Gasteiger partial charge in [-0.2, -0.15) is 0 Å². The van der Waals surface area contributed by atoms with Crippen LogP contribution in [0.4, 0.5) is 0 Å². The predicted octanol–water partition coefficient (Wildman–Crippen LogP) is 3.64. The minimum atomic E-state index is -0.0132. The Morgan fingerprint density at radius 2 is 1.95 bits per heavy atom. The summed E-state index contributed by atoms with van der Waals surface area (Å²) in [5, 5.41) is 0. The predicted molar refractivity (Wildman–Crippen MR) is 76.6 cm³/mol. The first-order valence-corrected chi connectivity index (χ1v) is 6.79. The third kappa shape index (κ3) is 3.35. The van der Waals surface area contributed by atoms with Gasteiger partial charge in [0.2, 0.25) is 5.78 Å². The van der Waals surface area contributed by atoms with E-state index in [-0.39, 0.29) is 12.4 Å². The lowest BCUT2D eigenvalue weighted by atomic mass is 10.2. The summed E-state index contributed by atoms with van der Waals surface area (Å²) in [5.74, 6) is 1.23. The van der Waals surface area contributed by atoms with E-state index in [1.165, 1.54) is 11.3 Å². The van der Waals surface area contributed by atoms with Gasteiger partial charge in [-0.1, -0.05) is 6.07 Å². The van der Waals surface area contributed by atoms with Gasteiger partial charge in [-0.3, -0.25) is 4.79 Å². The number of hydrogen-bond donors (Lipinski definition) is 0. The fraction of sp³-hybridized carbons (Fsp3) is 0.267. The van der Waals surface area contributed by atoms with E-state index in [2.05, 4.69) is 0 Å². The van der Waals surface area contributed by atoms with Gasteiger partial charge < -0.3 is 9.47 Å². The SMILES string of the molecule is COc1cc(C)ccc1OCC(=O)c1ccc(C)s1. The smallest absolute Gasteiger partial charge is 0.210 e. The number of carbonyl (C=O) groups is 1. The van der Waals surface area contributed by atoms with Crippen LogP contribution in [0.15, 0.2) is 30.3 Å². The number of Topliss-reactive ketones (excluding diaryl/α,β-unsaturated/α-hetero) is 1. The molecule has 0 spiro atoms. The van der Waals surface area contributed by atoms with Crippen LogP contribution in [-0.4, -0.2) is 19.5 Å². The number of thiophene rings is 1. The van der Waals surface area contributed by atoms with Gasteiger partial charge in [0.25, 0.3) is 0 Å². The largest absolute Gasteiger partial charge is 0.493 e. The number of rotatable bonds is 5. The number of methoxy groups -OCH3 is 1. The van der Waals surface area contributed by atoms with Crippen LogP contribution < -0.4 is 9.47 Å². The highest BCUT2D eigenvalue weighted by molar-refractivity contribution is 7.14. The molecule has 0 bridgehead atoms. The lowest BCUT2D eigenvalue weighted by molar-refractivity contribution is 0.0923. The van der Waals surface area contributed by atoms with E-state index in [0.717, 1.165) is 15.3 Å². The molecule has 0 N–H and O–H groups in total. The first kappa shape index (κ1) is 13.6. The second-order valence-corrected chi connectivity index (χ2v) is 5.56. The minimum Gasteiger partial charge on any atom is -0.493 e. The van der Waals surface area contributed by atoms with Crippen LogP contribution in [0.1, 0.15) is 20.1 Å². The van der Waals surface area contributed by atoms with Crippen molar-refractivity contribution in [1.82, 2.24) is 0 Å². The molecule has 2 rings (SSSR count). The van der Waals surface area contributed by atoms with E-state index in [1.54, 1.807) is 7.11 Å². The molecule has 0 unspecified atom stereocenters. The molecule has 0 aliphatic carbocycles. The molecule has 4 heteroatoms. The Kier molecular flexibility index (Phi) is 4.22. The zero-order valence-corrected chi connectivity index (χ0v) is 12.0. The van der Waals surface area contributed by atoms with Crippen molar-refractivity contribution in [3.63, 3.8) is 0 Å². The zero-order chi connectivity index (χ0) is 13.8. The van der Waals surface area contributed by atoms with Crippen LogP contribution in [0, 0.1) is 13.8 Å². The van der Waals surface area contributed by atoms with Crippen LogP contribution in [0.5, 0.6) is 11.5 Å². The molecule has 3 nitrogen and oxygen atoms in total. The number of carbonyl (C=O) groups excluding carboxylic acids is 1. The van der Waals surface area contributed by atoms with E-state index < -0.39 is 0 Å². The van der Waals surface area contributed by atoms with Gasteiger partial charge in [-0.05, 0) is 43.7 Å². The summed E-state index contributed by atoms with van der Waals surface area (Å²) >= 11 is 1.48. The Balaban J connectivity index is 2.04. The molecule has 1 aromatic heterocycles. The highest BCUT2D eigenvalue weighted by atomic mass is 32.1. The minimum absolute atomic E-state index is 0.0132. The second-order valence-electron chi connectivity index (χ2n) is 4.28. The van der Waals surface area contributed by atoms with Crippen molar-refractivity contribution in [2.24, 2.45) is 0 Å². The third-order valence-electron chi connectivity index (χ3n) is 2.69. The maximum absolute atomic E-state index is 11.9. The first-order valence-electron chi connectivity index (χ1n) is 5.97. The standard InChI is InChI=1S/C15H16O3S/c1-10-4-6-13(14(8-10)17-3)18-9-12(16)15-7-5-11(2)19-15/h4-8H,9H2,1-3H3. The molecule has 0 fully saturated rings. The third-order valence-corrected chi connectivity index (χ3v) is 3.73. The first-order chi connectivity index (χ1) is 9.10. The zero-order valence-electron chi connectivity index (χ0n) is 11.2. The van der Waals surface area contributed by atoms with Crippen LogP contribution >= 0.6 is 11.3 Å². The van der Waals surface area contributed by atoms with Gasteiger partial charge in [0, 0.05) is 4.88 Å². The van der Waals surface area contributed by atoms with Crippen molar-refractivity contribution >= 4 is 17.1 Å². The molecule has 1 heterocycles. The molecule has 0 atom stereocenters. The molecule has 1 aromatic carbocycles. The molecule has 19 heavy (non-hydrogen) atoms. The van der Waals surface area contributed by atoms with Crippen molar-refractivity contribution in [3.05, 3.63) is 45.6 Å². The van der Waals surface area contributed by atoms with E-state index in [1.807, 2.05) is 44.2 Å². The number of ether oxygens (including phenoxy) is 2. The lowest BCUT2D eigenvalue weighted by Gasteiger charge is -2.10. The molecule has 0 amide bonds. The highest BCUT2D eigenvalue weighted by Crippen LogP contribution is 2.28. The summed E-state index contributed by atoms with van der Waals surface area (Å²) < 4.78 is 10.8. The van der Waals surface area contributed by atoms with Gasteiger partial charge in [0.05, 0.1) is 12.0 Å². The summed E-state index contributed by atoms with van der Waals surface area (Å²) in [7, 11) is 1.59. The monoisotopic (exact) mass is 276 g/mol. The Labute approximate surface area is 116 Å². The Hall–Kier alpha value is -1.81. The van der Waals surface area contributed by atoms with E-state index in [4.69, 9.17) is 9.47 Å². The molecular weight excluding hydrogens is 260 g/mol. The molecule has 0 saturated heterocycles. The van der Waals surface area contributed by atoms with Crippen LogP contribution in [-0.2, 0) is 0 Å². The van der Waals surface area contributed by atoms with Gasteiger partial charge in [-0.25, -0.2) is 0 Å². The Morgan fingerprint density at radius 1 is 1.16 bits per heavy atom. The van der Waals surface area contributed by atoms with Crippen molar-refractivity contribution < 1.29 is 14.3 Å². The summed E-state index contributed by atoms with van der Waals surface area (Å²) in [5.41, 5.74) is 1.09. The van der Waals surface area contributed by atoms with Crippen molar-refractivity contribution in [3.8, 4) is 11.5 Å². The summed E-state index contributed by atoms with van der Waals surface area (Å²) in [6.07, 6.45) is 0. The Morgan fingerprint density at radius 3 is 2.58 bits per heavy atom. The number of benzene rings is 1. The van der Waals surface area contributed by atoms with E-state index in [0.29, 0.717) is 11.5 Å². The number of hydrogen-bond acceptors (Lipinski definition) is 4. The van der Waals surface area contributed by atoms with Crippen LogP contribution in [0.3, 0.4) is 0 Å². The summed E-state index contributed by atoms with van der Waals surface area (Å²) in [4.78, 5) is 13.8. The molecule has 2 aromatic rings. The summed E-state index contributed by atoms with van der Waals surface area (Å²) in [6, 6.07) is 9.40. The molecule has 0 saturated carbocycles. The highest BCUT2D eigenvalue weighted by Gasteiger charge is 2.11. The molecule has 0 radical (unpaired) electrons. The molecular formula is C15H16O3S. The average molecular weight is 276 g/mol. The lowest BCUT2D eigenvalue weighted by Crippen LogP contribution is -2.10. The van der Waals surface area contributed by atoms with Crippen LogP contribution in [0.25, 0.3) is 0 Å². The summed E-state index contributed by atoms with van der Waals surface area (Å²) in [6.45, 7) is 3.98. The van der Waals surface area contributed by atoms with Crippen molar-refractivity contribution in [2.75, 3.05) is 13.7 Å². The number of aryl methyl sites for hydroxylation is 2. The molecule has 100 valence electrons. The maximum Gasteiger partial charge on any atom is 0.210 e. The average Bonchev–Trinajstić information content (AvgIpc) is 2.83.